The fraction of sp³-hybridized carbons (Fsp3) is 0.0476. The summed E-state index contributed by atoms with van der Waals surface area (Å²) in [7, 11) is 0. The van der Waals surface area contributed by atoms with Gasteiger partial charge < -0.3 is 5.32 Å². The molecule has 1 N–H and O–H groups in total. The molecule has 3 aromatic heterocycles. The normalized spacial score (nSPS) is 10.6. The van der Waals surface area contributed by atoms with Gasteiger partial charge in [-0.2, -0.15) is 0 Å². The number of halogens is 1. The average molecular weight is 374 g/mol. The van der Waals surface area contributed by atoms with E-state index in [9.17, 15) is 0 Å². The highest BCUT2D eigenvalue weighted by Crippen LogP contribution is 2.25. The number of nitrogens with zero attached hydrogens (tertiary/aromatic N) is 4. The van der Waals surface area contributed by atoms with Crippen molar-refractivity contribution < 1.29 is 0 Å². The topological polar surface area (TPSA) is 63.6 Å². The lowest BCUT2D eigenvalue weighted by molar-refractivity contribution is 1.02. The van der Waals surface area contributed by atoms with E-state index in [0.717, 1.165) is 28.3 Å². The first-order valence-corrected chi connectivity index (χ1v) is 8.85. The van der Waals surface area contributed by atoms with E-state index in [1.807, 2.05) is 60.7 Å². The maximum Gasteiger partial charge on any atom is 0.163 e. The number of aromatic nitrogens is 4. The molecule has 3 heterocycles. The summed E-state index contributed by atoms with van der Waals surface area (Å²) in [6, 6.07) is 19.2. The molecule has 6 heteroatoms. The first-order chi connectivity index (χ1) is 13.3. The van der Waals surface area contributed by atoms with Crippen LogP contribution in [-0.4, -0.2) is 19.9 Å². The molecule has 0 bridgehead atoms. The lowest BCUT2D eigenvalue weighted by Crippen LogP contribution is -2.05. The van der Waals surface area contributed by atoms with Gasteiger partial charge in [-0.3, -0.25) is 9.97 Å². The van der Waals surface area contributed by atoms with Gasteiger partial charge in [0.1, 0.15) is 5.82 Å². The number of hydrogen-bond acceptors (Lipinski definition) is 5. The molecule has 0 radical (unpaired) electrons. The zero-order valence-electron chi connectivity index (χ0n) is 14.4. The van der Waals surface area contributed by atoms with Crippen molar-refractivity contribution in [2.24, 2.45) is 0 Å². The Kier molecular flexibility index (Phi) is 5.03. The van der Waals surface area contributed by atoms with Crippen molar-refractivity contribution in [2.45, 2.75) is 6.54 Å². The van der Waals surface area contributed by atoms with Crippen molar-refractivity contribution in [2.75, 3.05) is 5.32 Å². The lowest BCUT2D eigenvalue weighted by atomic mass is 10.1. The van der Waals surface area contributed by atoms with E-state index < -0.39 is 0 Å². The largest absolute Gasteiger partial charge is 0.364 e. The van der Waals surface area contributed by atoms with Crippen molar-refractivity contribution in [1.29, 1.82) is 0 Å². The Labute approximate surface area is 162 Å². The summed E-state index contributed by atoms with van der Waals surface area (Å²) < 4.78 is 0. The standard InChI is InChI=1S/C21H16ClN5/c22-17-8-6-15(7-9-17)19-12-20(25-14-18-5-1-2-11-24-18)27-21(26-19)16-4-3-10-23-13-16/h1-13H,14H2,(H,25,26,27). The Balaban J connectivity index is 1.71. The van der Waals surface area contributed by atoms with Crippen LogP contribution in [0.4, 0.5) is 5.82 Å². The highest BCUT2D eigenvalue weighted by atomic mass is 35.5. The third-order valence-corrected chi connectivity index (χ3v) is 4.21. The molecule has 0 saturated heterocycles. The van der Waals surface area contributed by atoms with Crippen molar-refractivity contribution in [3.8, 4) is 22.6 Å². The third-order valence-electron chi connectivity index (χ3n) is 3.96. The molecule has 0 aliphatic rings. The molecule has 5 nitrogen and oxygen atoms in total. The minimum absolute atomic E-state index is 0.574. The van der Waals surface area contributed by atoms with Crippen LogP contribution < -0.4 is 5.32 Å². The summed E-state index contributed by atoms with van der Waals surface area (Å²) in [5, 5.41) is 4.02. The molecule has 0 atom stereocenters. The predicted molar refractivity (Wildman–Crippen MR) is 107 cm³/mol. The van der Waals surface area contributed by atoms with Crippen LogP contribution in [0, 0.1) is 0 Å². The molecule has 0 saturated carbocycles. The molecule has 0 unspecified atom stereocenters. The Morgan fingerprint density at radius 3 is 2.48 bits per heavy atom. The first-order valence-electron chi connectivity index (χ1n) is 8.47. The van der Waals surface area contributed by atoms with Gasteiger partial charge >= 0.3 is 0 Å². The second kappa shape index (κ2) is 7.93. The Morgan fingerprint density at radius 1 is 0.852 bits per heavy atom. The van der Waals surface area contributed by atoms with Gasteiger partial charge in [-0.05, 0) is 36.4 Å². The van der Waals surface area contributed by atoms with Crippen LogP contribution in [0.3, 0.4) is 0 Å². The molecule has 4 aromatic rings. The number of anilines is 1. The summed E-state index contributed by atoms with van der Waals surface area (Å²) in [5.74, 6) is 1.33. The van der Waals surface area contributed by atoms with Gasteiger partial charge in [0.25, 0.3) is 0 Å². The molecule has 1 aromatic carbocycles. The summed E-state index contributed by atoms with van der Waals surface area (Å²) in [5.41, 5.74) is 3.57. The van der Waals surface area contributed by atoms with E-state index in [4.69, 9.17) is 16.6 Å². The molecule has 27 heavy (non-hydrogen) atoms. The second-order valence-electron chi connectivity index (χ2n) is 5.89. The minimum Gasteiger partial charge on any atom is -0.364 e. The van der Waals surface area contributed by atoms with Crippen molar-refractivity contribution >= 4 is 17.4 Å². The van der Waals surface area contributed by atoms with Crippen LogP contribution in [0.2, 0.25) is 5.02 Å². The maximum absolute atomic E-state index is 6.01. The maximum atomic E-state index is 6.01. The van der Waals surface area contributed by atoms with Gasteiger partial charge in [0.2, 0.25) is 0 Å². The van der Waals surface area contributed by atoms with Crippen LogP contribution in [-0.2, 0) is 6.54 Å². The Hall–Kier alpha value is -3.31. The number of nitrogens with one attached hydrogen (secondary N) is 1. The predicted octanol–water partition coefficient (Wildman–Crippen LogP) is 4.87. The molecular formula is C21H16ClN5. The van der Waals surface area contributed by atoms with Crippen molar-refractivity contribution in [3.63, 3.8) is 0 Å². The third kappa shape index (κ3) is 4.27. The van der Waals surface area contributed by atoms with Crippen molar-refractivity contribution in [3.05, 3.63) is 90.0 Å². The van der Waals surface area contributed by atoms with E-state index in [1.165, 1.54) is 0 Å². The summed E-state index contributed by atoms with van der Waals surface area (Å²) in [6.07, 6.45) is 5.26. The molecule has 0 fully saturated rings. The van der Waals surface area contributed by atoms with E-state index in [0.29, 0.717) is 17.4 Å². The molecular weight excluding hydrogens is 358 g/mol. The van der Waals surface area contributed by atoms with Crippen LogP contribution >= 0.6 is 11.6 Å². The fourth-order valence-electron chi connectivity index (χ4n) is 2.61. The zero-order valence-corrected chi connectivity index (χ0v) is 15.1. The van der Waals surface area contributed by atoms with E-state index in [2.05, 4.69) is 20.3 Å². The van der Waals surface area contributed by atoms with Crippen LogP contribution in [0.15, 0.2) is 79.3 Å². The SMILES string of the molecule is Clc1ccc(-c2cc(NCc3ccccn3)nc(-c3cccnc3)n2)cc1. The van der Waals surface area contributed by atoms with Crippen LogP contribution in [0.1, 0.15) is 5.69 Å². The van der Waals surface area contributed by atoms with Gasteiger partial charge in [-0.25, -0.2) is 9.97 Å². The van der Waals surface area contributed by atoms with Gasteiger partial charge in [-0.1, -0.05) is 29.8 Å². The van der Waals surface area contributed by atoms with E-state index in [1.54, 1.807) is 18.6 Å². The molecule has 0 aliphatic heterocycles. The van der Waals surface area contributed by atoms with Gasteiger partial charge in [-0.15, -0.1) is 0 Å². The monoisotopic (exact) mass is 373 g/mol. The quantitative estimate of drug-likeness (QED) is 0.541. The highest BCUT2D eigenvalue weighted by Gasteiger charge is 2.09. The number of benzene rings is 1. The number of pyridine rings is 2. The second-order valence-corrected chi connectivity index (χ2v) is 6.32. The lowest BCUT2D eigenvalue weighted by Gasteiger charge is -2.10. The summed E-state index contributed by atoms with van der Waals surface area (Å²) in [4.78, 5) is 17.9. The van der Waals surface area contributed by atoms with Crippen molar-refractivity contribution in [1.82, 2.24) is 19.9 Å². The van der Waals surface area contributed by atoms with Crippen LogP contribution in [0.25, 0.3) is 22.6 Å². The average Bonchev–Trinajstić information content (AvgIpc) is 2.74. The molecule has 0 spiro atoms. The van der Waals surface area contributed by atoms with Gasteiger partial charge in [0.15, 0.2) is 5.82 Å². The van der Waals surface area contributed by atoms with E-state index in [-0.39, 0.29) is 0 Å². The molecule has 0 aliphatic carbocycles. The van der Waals surface area contributed by atoms with Gasteiger partial charge in [0, 0.05) is 40.8 Å². The van der Waals surface area contributed by atoms with E-state index >= 15 is 0 Å². The molecule has 0 amide bonds. The Bertz CT molecular complexity index is 1020. The fourth-order valence-corrected chi connectivity index (χ4v) is 2.74. The molecule has 4 rings (SSSR count). The van der Waals surface area contributed by atoms with Gasteiger partial charge in [0.05, 0.1) is 17.9 Å². The summed E-state index contributed by atoms with van der Waals surface area (Å²) in [6.45, 7) is 0.574. The first kappa shape index (κ1) is 17.1. The molecule has 132 valence electrons. The zero-order chi connectivity index (χ0) is 18.5. The summed E-state index contributed by atoms with van der Waals surface area (Å²) >= 11 is 6.01. The Morgan fingerprint density at radius 2 is 1.74 bits per heavy atom. The number of hydrogen-bond donors (Lipinski definition) is 1. The number of rotatable bonds is 5. The minimum atomic E-state index is 0.574. The highest BCUT2D eigenvalue weighted by molar-refractivity contribution is 6.30. The van der Waals surface area contributed by atoms with Crippen LogP contribution in [0.5, 0.6) is 0 Å². The smallest absolute Gasteiger partial charge is 0.163 e.